The lowest BCUT2D eigenvalue weighted by Crippen LogP contribution is -2.35. The number of nitrogens with zero attached hydrogens (tertiary/aromatic N) is 2. The molecule has 1 fully saturated rings. The molecular weight excluding hydrogens is 214 g/mol. The van der Waals surface area contributed by atoms with Gasteiger partial charge in [-0.2, -0.15) is 5.26 Å². The fraction of sp³-hybridized carbons (Fsp3) is 0.538. The summed E-state index contributed by atoms with van der Waals surface area (Å²) < 4.78 is 5.55. The Kier molecular flexibility index (Phi) is 4.34. The fourth-order valence-electron chi connectivity index (χ4n) is 2.03. The maximum atomic E-state index is 8.71. The normalized spacial score (nSPS) is 19.6. The Balaban J connectivity index is 1.75. The highest BCUT2D eigenvalue weighted by Gasteiger charge is 2.12. The minimum absolute atomic E-state index is 0.401. The molecule has 4 heteroatoms. The van der Waals surface area contributed by atoms with Crippen LogP contribution < -0.4 is 10.1 Å². The van der Waals surface area contributed by atoms with Gasteiger partial charge >= 0.3 is 0 Å². The van der Waals surface area contributed by atoms with Crippen molar-refractivity contribution in [3.05, 3.63) is 23.9 Å². The zero-order chi connectivity index (χ0) is 11.9. The zero-order valence-electron chi connectivity index (χ0n) is 9.85. The van der Waals surface area contributed by atoms with Crippen molar-refractivity contribution in [3.8, 4) is 11.9 Å². The summed E-state index contributed by atoms with van der Waals surface area (Å²) in [5.74, 6) is 0.542. The predicted molar refractivity (Wildman–Crippen MR) is 64.7 cm³/mol. The first-order valence-corrected chi connectivity index (χ1v) is 6.12. The molecule has 1 aliphatic heterocycles. The van der Waals surface area contributed by atoms with Crippen LogP contribution in [0.25, 0.3) is 0 Å². The summed E-state index contributed by atoms with van der Waals surface area (Å²) in [5.41, 5.74) is 0.401. The summed E-state index contributed by atoms with van der Waals surface area (Å²) >= 11 is 0. The van der Waals surface area contributed by atoms with Crippen LogP contribution in [-0.4, -0.2) is 24.2 Å². The number of piperidine rings is 1. The molecule has 2 rings (SSSR count). The number of hydrogen-bond donors (Lipinski definition) is 1. The van der Waals surface area contributed by atoms with E-state index in [0.29, 0.717) is 24.2 Å². The van der Waals surface area contributed by atoms with Gasteiger partial charge in [0.1, 0.15) is 11.8 Å². The molecule has 4 nitrogen and oxygen atoms in total. The van der Waals surface area contributed by atoms with Crippen LogP contribution in [0, 0.1) is 11.3 Å². The van der Waals surface area contributed by atoms with E-state index in [1.54, 1.807) is 18.2 Å². The Bertz CT molecular complexity index is 394. The zero-order valence-corrected chi connectivity index (χ0v) is 9.85. The maximum absolute atomic E-state index is 8.71. The molecule has 2 heterocycles. The van der Waals surface area contributed by atoms with Gasteiger partial charge in [0.25, 0.3) is 0 Å². The van der Waals surface area contributed by atoms with E-state index in [-0.39, 0.29) is 0 Å². The van der Waals surface area contributed by atoms with Gasteiger partial charge in [-0.3, -0.25) is 0 Å². The molecule has 1 aromatic heterocycles. The largest absolute Gasteiger partial charge is 0.478 e. The second kappa shape index (κ2) is 6.21. The highest BCUT2D eigenvalue weighted by Crippen LogP contribution is 2.12. The topological polar surface area (TPSA) is 57.9 Å². The summed E-state index contributed by atoms with van der Waals surface area (Å²) in [7, 11) is 0. The van der Waals surface area contributed by atoms with Gasteiger partial charge in [0.2, 0.25) is 5.88 Å². The molecule has 0 amide bonds. The highest BCUT2D eigenvalue weighted by molar-refractivity contribution is 5.24. The van der Waals surface area contributed by atoms with Crippen molar-refractivity contribution in [1.82, 2.24) is 10.3 Å². The molecule has 90 valence electrons. The first kappa shape index (κ1) is 11.9. The van der Waals surface area contributed by atoms with Gasteiger partial charge in [-0.1, -0.05) is 12.5 Å². The molecule has 0 radical (unpaired) electrons. The third-order valence-corrected chi connectivity index (χ3v) is 2.97. The molecule has 1 saturated heterocycles. The molecular formula is C13H17N3O. The van der Waals surface area contributed by atoms with Gasteiger partial charge in [-0.25, -0.2) is 4.98 Å². The van der Waals surface area contributed by atoms with Crippen molar-refractivity contribution in [2.75, 3.05) is 13.2 Å². The van der Waals surface area contributed by atoms with Gasteiger partial charge in [0.05, 0.1) is 6.61 Å². The molecule has 0 aliphatic carbocycles. The summed E-state index contributed by atoms with van der Waals surface area (Å²) in [6, 6.07) is 7.83. The van der Waals surface area contributed by atoms with E-state index < -0.39 is 0 Å². The van der Waals surface area contributed by atoms with Gasteiger partial charge in [-0.05, 0) is 31.9 Å². The monoisotopic (exact) mass is 231 g/mol. The molecule has 0 saturated carbocycles. The third kappa shape index (κ3) is 3.72. The van der Waals surface area contributed by atoms with Crippen molar-refractivity contribution in [2.24, 2.45) is 0 Å². The van der Waals surface area contributed by atoms with Gasteiger partial charge in [0.15, 0.2) is 0 Å². The van der Waals surface area contributed by atoms with Crippen molar-refractivity contribution >= 4 is 0 Å². The average Bonchev–Trinajstić information content (AvgIpc) is 2.40. The second-order valence-corrected chi connectivity index (χ2v) is 4.26. The Morgan fingerprint density at radius 1 is 1.47 bits per heavy atom. The van der Waals surface area contributed by atoms with Gasteiger partial charge in [0, 0.05) is 12.1 Å². The Hall–Kier alpha value is -1.60. The van der Waals surface area contributed by atoms with E-state index in [1.807, 2.05) is 6.07 Å². The van der Waals surface area contributed by atoms with Crippen LogP contribution in [0.15, 0.2) is 18.2 Å². The molecule has 1 N–H and O–H groups in total. The predicted octanol–water partition coefficient (Wildman–Crippen LogP) is 1.86. The van der Waals surface area contributed by atoms with E-state index in [2.05, 4.69) is 10.3 Å². The van der Waals surface area contributed by atoms with Crippen molar-refractivity contribution in [2.45, 2.75) is 31.7 Å². The van der Waals surface area contributed by atoms with Crippen molar-refractivity contribution < 1.29 is 4.74 Å². The van der Waals surface area contributed by atoms with Crippen LogP contribution in [0.5, 0.6) is 5.88 Å². The third-order valence-electron chi connectivity index (χ3n) is 2.97. The van der Waals surface area contributed by atoms with Crippen LogP contribution in [0.1, 0.15) is 31.4 Å². The molecule has 17 heavy (non-hydrogen) atoms. The number of rotatable bonds is 4. The van der Waals surface area contributed by atoms with Gasteiger partial charge < -0.3 is 10.1 Å². The first-order valence-electron chi connectivity index (χ1n) is 6.12. The van der Waals surface area contributed by atoms with Crippen LogP contribution in [0.4, 0.5) is 0 Å². The number of aromatic nitrogens is 1. The minimum Gasteiger partial charge on any atom is -0.478 e. The Labute approximate surface area is 102 Å². The van der Waals surface area contributed by atoms with Crippen LogP contribution in [0.2, 0.25) is 0 Å². The average molecular weight is 231 g/mol. The Morgan fingerprint density at radius 3 is 3.18 bits per heavy atom. The number of pyridine rings is 1. The number of nitriles is 1. The summed E-state index contributed by atoms with van der Waals surface area (Å²) in [5, 5.41) is 12.2. The van der Waals surface area contributed by atoms with E-state index in [9.17, 15) is 0 Å². The summed E-state index contributed by atoms with van der Waals surface area (Å²) in [6.07, 6.45) is 4.82. The lowest BCUT2D eigenvalue weighted by molar-refractivity contribution is 0.260. The molecule has 1 aromatic rings. The smallest absolute Gasteiger partial charge is 0.214 e. The minimum atomic E-state index is 0.401. The van der Waals surface area contributed by atoms with E-state index in [4.69, 9.17) is 10.00 Å². The molecule has 0 bridgehead atoms. The van der Waals surface area contributed by atoms with E-state index in [0.717, 1.165) is 13.0 Å². The summed E-state index contributed by atoms with van der Waals surface area (Å²) in [6.45, 7) is 1.77. The fourth-order valence-corrected chi connectivity index (χ4v) is 2.03. The van der Waals surface area contributed by atoms with Crippen LogP contribution in [0.3, 0.4) is 0 Å². The molecule has 1 aliphatic rings. The number of hydrogen-bond acceptors (Lipinski definition) is 4. The quantitative estimate of drug-likeness (QED) is 0.859. The standard InChI is InChI=1S/C13H17N3O/c14-10-12-5-3-6-13(16-12)17-9-7-11-4-1-2-8-15-11/h3,5-6,11,15H,1-2,4,7-9H2. The van der Waals surface area contributed by atoms with Crippen molar-refractivity contribution in [1.29, 1.82) is 5.26 Å². The van der Waals surface area contributed by atoms with Crippen LogP contribution >= 0.6 is 0 Å². The molecule has 1 unspecified atom stereocenters. The van der Waals surface area contributed by atoms with Gasteiger partial charge in [-0.15, -0.1) is 0 Å². The maximum Gasteiger partial charge on any atom is 0.214 e. The highest BCUT2D eigenvalue weighted by atomic mass is 16.5. The number of nitrogens with one attached hydrogen (secondary N) is 1. The van der Waals surface area contributed by atoms with E-state index in [1.165, 1.54) is 19.3 Å². The van der Waals surface area contributed by atoms with E-state index >= 15 is 0 Å². The SMILES string of the molecule is N#Cc1cccc(OCCC2CCCCN2)n1. The van der Waals surface area contributed by atoms with Crippen LogP contribution in [-0.2, 0) is 0 Å². The molecule has 0 spiro atoms. The molecule has 1 atom stereocenters. The first-order chi connectivity index (χ1) is 8.38. The second-order valence-electron chi connectivity index (χ2n) is 4.26. The molecule has 0 aromatic carbocycles. The number of ether oxygens (including phenoxy) is 1. The van der Waals surface area contributed by atoms with Crippen molar-refractivity contribution in [3.63, 3.8) is 0 Å². The lowest BCUT2D eigenvalue weighted by Gasteiger charge is -2.23. The Morgan fingerprint density at radius 2 is 2.41 bits per heavy atom. The lowest BCUT2D eigenvalue weighted by atomic mass is 10.0. The summed E-state index contributed by atoms with van der Waals surface area (Å²) in [4.78, 5) is 4.07.